The highest BCUT2D eigenvalue weighted by Crippen LogP contribution is 2.33. The Morgan fingerprint density at radius 1 is 1.40 bits per heavy atom. The molecular weight excluding hydrogens is 279 g/mol. The van der Waals surface area contributed by atoms with Crippen molar-refractivity contribution in [2.45, 2.75) is 0 Å². The highest BCUT2D eigenvalue weighted by Gasteiger charge is 2.14. The molecule has 0 aliphatic heterocycles. The lowest BCUT2D eigenvalue weighted by Gasteiger charge is -1.98. The molecule has 2 aromatic rings. The van der Waals surface area contributed by atoms with Crippen LogP contribution in [0.1, 0.15) is 5.69 Å². The van der Waals surface area contributed by atoms with Gasteiger partial charge in [-0.2, -0.15) is 5.26 Å². The maximum atomic E-state index is 13.5. The van der Waals surface area contributed by atoms with Crippen molar-refractivity contribution < 1.29 is 4.39 Å². The van der Waals surface area contributed by atoms with E-state index in [4.69, 9.17) is 5.26 Å². The Kier molecular flexibility index (Phi) is 2.80. The molecule has 0 radical (unpaired) electrons. The van der Waals surface area contributed by atoms with Gasteiger partial charge in [0, 0.05) is 5.56 Å². The fourth-order valence-electron chi connectivity index (χ4n) is 1.20. The van der Waals surface area contributed by atoms with Gasteiger partial charge in [-0.1, -0.05) is 18.2 Å². The maximum absolute atomic E-state index is 13.5. The molecule has 0 fully saturated rings. The van der Waals surface area contributed by atoms with E-state index in [1.165, 1.54) is 17.4 Å². The summed E-state index contributed by atoms with van der Waals surface area (Å²) < 4.78 is 14.0. The van der Waals surface area contributed by atoms with E-state index < -0.39 is 0 Å². The first-order valence-corrected chi connectivity index (χ1v) is 5.64. The summed E-state index contributed by atoms with van der Waals surface area (Å²) >= 11 is 4.43. The molecular formula is C10H4BrFN2S. The average Bonchev–Trinajstić information content (AvgIpc) is 2.60. The van der Waals surface area contributed by atoms with Crippen molar-refractivity contribution in [3.8, 4) is 16.5 Å². The number of hydrogen-bond acceptors (Lipinski definition) is 3. The zero-order valence-corrected chi connectivity index (χ0v) is 9.77. The zero-order chi connectivity index (χ0) is 10.8. The van der Waals surface area contributed by atoms with Crippen molar-refractivity contribution in [1.82, 2.24) is 4.98 Å². The number of hydrogen-bond donors (Lipinski definition) is 0. The van der Waals surface area contributed by atoms with Crippen molar-refractivity contribution >= 4 is 27.3 Å². The summed E-state index contributed by atoms with van der Waals surface area (Å²) in [6, 6.07) is 8.29. The van der Waals surface area contributed by atoms with Crippen molar-refractivity contribution in [1.29, 1.82) is 5.26 Å². The molecule has 5 heteroatoms. The van der Waals surface area contributed by atoms with Gasteiger partial charge in [0.1, 0.15) is 11.9 Å². The fourth-order valence-corrected chi connectivity index (χ4v) is 2.63. The van der Waals surface area contributed by atoms with Crippen LogP contribution in [0.25, 0.3) is 10.4 Å². The topological polar surface area (TPSA) is 36.7 Å². The Hall–Kier alpha value is -1.25. The van der Waals surface area contributed by atoms with Crippen LogP contribution in [0, 0.1) is 17.1 Å². The lowest BCUT2D eigenvalue weighted by atomic mass is 10.1. The minimum Gasteiger partial charge on any atom is -0.218 e. The predicted molar refractivity (Wildman–Crippen MR) is 59.9 cm³/mol. The van der Waals surface area contributed by atoms with E-state index in [2.05, 4.69) is 20.9 Å². The molecule has 74 valence electrons. The van der Waals surface area contributed by atoms with Crippen molar-refractivity contribution in [2.24, 2.45) is 0 Å². The Morgan fingerprint density at radius 2 is 2.13 bits per heavy atom. The zero-order valence-electron chi connectivity index (χ0n) is 7.37. The van der Waals surface area contributed by atoms with E-state index in [0.717, 1.165) is 0 Å². The molecule has 0 aliphatic rings. The molecule has 0 unspecified atom stereocenters. The van der Waals surface area contributed by atoms with Crippen LogP contribution in [0.5, 0.6) is 0 Å². The lowest BCUT2D eigenvalue weighted by molar-refractivity contribution is 0.631. The number of halogens is 2. The van der Waals surface area contributed by atoms with Gasteiger partial charge in [0.2, 0.25) is 0 Å². The Balaban J connectivity index is 2.65. The van der Waals surface area contributed by atoms with Crippen LogP contribution in [0.4, 0.5) is 4.39 Å². The van der Waals surface area contributed by atoms with Crippen LogP contribution in [0.3, 0.4) is 0 Å². The first-order valence-electron chi connectivity index (χ1n) is 4.03. The van der Waals surface area contributed by atoms with Gasteiger partial charge in [0.15, 0.2) is 9.61 Å². The number of aromatic nitrogens is 1. The van der Waals surface area contributed by atoms with E-state index in [0.29, 0.717) is 14.4 Å². The quantitative estimate of drug-likeness (QED) is 0.802. The molecule has 1 aromatic heterocycles. The second-order valence-electron chi connectivity index (χ2n) is 2.74. The van der Waals surface area contributed by atoms with Gasteiger partial charge in [0.25, 0.3) is 0 Å². The standard InChI is InChI=1S/C10H4BrFN2S/c11-10-14-8(5-13)9(15-10)6-3-1-2-4-7(6)12/h1-4H. The first kappa shape index (κ1) is 10.3. The van der Waals surface area contributed by atoms with Gasteiger partial charge < -0.3 is 0 Å². The molecule has 15 heavy (non-hydrogen) atoms. The number of nitrogens with zero attached hydrogens (tertiary/aromatic N) is 2. The maximum Gasteiger partial charge on any atom is 0.161 e. The Bertz CT molecular complexity index is 545. The monoisotopic (exact) mass is 282 g/mol. The minimum atomic E-state index is -0.342. The molecule has 0 saturated carbocycles. The highest BCUT2D eigenvalue weighted by molar-refractivity contribution is 9.11. The van der Waals surface area contributed by atoms with Gasteiger partial charge in [-0.15, -0.1) is 11.3 Å². The van der Waals surface area contributed by atoms with Gasteiger partial charge in [0.05, 0.1) is 4.88 Å². The predicted octanol–water partition coefficient (Wildman–Crippen LogP) is 3.58. The molecule has 2 nitrogen and oxygen atoms in total. The van der Waals surface area contributed by atoms with E-state index in [-0.39, 0.29) is 11.5 Å². The average molecular weight is 283 g/mol. The smallest absolute Gasteiger partial charge is 0.161 e. The summed E-state index contributed by atoms with van der Waals surface area (Å²) in [5.74, 6) is -0.342. The molecule has 0 N–H and O–H groups in total. The molecule has 1 aromatic carbocycles. The minimum absolute atomic E-state index is 0.247. The fraction of sp³-hybridized carbons (Fsp3) is 0. The van der Waals surface area contributed by atoms with Crippen LogP contribution in [0.2, 0.25) is 0 Å². The van der Waals surface area contributed by atoms with Crippen LogP contribution in [-0.4, -0.2) is 4.98 Å². The third-order valence-corrected chi connectivity index (χ3v) is 3.37. The summed E-state index contributed by atoms with van der Waals surface area (Å²) in [7, 11) is 0. The third-order valence-electron chi connectivity index (χ3n) is 1.83. The number of nitriles is 1. The molecule has 0 spiro atoms. The third kappa shape index (κ3) is 1.91. The molecule has 1 heterocycles. The number of rotatable bonds is 1. The van der Waals surface area contributed by atoms with Gasteiger partial charge in [-0.3, -0.25) is 0 Å². The van der Waals surface area contributed by atoms with Crippen molar-refractivity contribution in [2.75, 3.05) is 0 Å². The van der Waals surface area contributed by atoms with E-state index in [1.807, 2.05) is 6.07 Å². The van der Waals surface area contributed by atoms with Crippen molar-refractivity contribution in [3.05, 3.63) is 39.7 Å². The first-order chi connectivity index (χ1) is 7.22. The molecule has 0 aliphatic carbocycles. The highest BCUT2D eigenvalue weighted by atomic mass is 79.9. The van der Waals surface area contributed by atoms with Crippen LogP contribution in [0.15, 0.2) is 28.2 Å². The van der Waals surface area contributed by atoms with E-state index in [9.17, 15) is 4.39 Å². The van der Waals surface area contributed by atoms with Crippen LogP contribution >= 0.6 is 27.3 Å². The van der Waals surface area contributed by atoms with Gasteiger partial charge in [-0.05, 0) is 22.0 Å². The van der Waals surface area contributed by atoms with Crippen molar-refractivity contribution in [3.63, 3.8) is 0 Å². The van der Waals surface area contributed by atoms with Crippen LogP contribution in [-0.2, 0) is 0 Å². The Labute approximate surface area is 98.1 Å². The summed E-state index contributed by atoms with van der Waals surface area (Å²) in [6.45, 7) is 0. The SMILES string of the molecule is N#Cc1nc(Br)sc1-c1ccccc1F. The van der Waals surface area contributed by atoms with E-state index in [1.54, 1.807) is 18.2 Å². The molecule has 0 atom stereocenters. The largest absolute Gasteiger partial charge is 0.218 e. The summed E-state index contributed by atoms with van der Waals surface area (Å²) in [5, 5.41) is 8.83. The van der Waals surface area contributed by atoms with Crippen LogP contribution < -0.4 is 0 Å². The normalized spacial score (nSPS) is 9.93. The molecule has 0 bridgehead atoms. The van der Waals surface area contributed by atoms with E-state index >= 15 is 0 Å². The lowest BCUT2D eigenvalue weighted by Crippen LogP contribution is -1.83. The second kappa shape index (κ2) is 4.09. The summed E-state index contributed by atoms with van der Waals surface area (Å²) in [6.07, 6.45) is 0. The molecule has 2 rings (SSSR count). The summed E-state index contributed by atoms with van der Waals surface area (Å²) in [4.78, 5) is 4.51. The number of thiazole rings is 1. The van der Waals surface area contributed by atoms with Gasteiger partial charge in [-0.25, -0.2) is 9.37 Å². The second-order valence-corrected chi connectivity index (χ2v) is 5.01. The van der Waals surface area contributed by atoms with Gasteiger partial charge >= 0.3 is 0 Å². The summed E-state index contributed by atoms with van der Waals surface area (Å²) in [5.41, 5.74) is 0.661. The molecule has 0 amide bonds. The number of benzene rings is 1. The Morgan fingerprint density at radius 3 is 2.80 bits per heavy atom. The molecule has 0 saturated heterocycles.